The SMILES string of the molecule is C#Cc1c(F)ccc2cc(O)cc(-c3ccc4c(N5CC6CCC(C5)N6C(=O)C(F)(F)F)nc(OC)nc4c3F)c12. The van der Waals surface area contributed by atoms with Crippen molar-refractivity contribution < 1.29 is 36.6 Å². The number of hydrogen-bond acceptors (Lipinski definition) is 6. The van der Waals surface area contributed by atoms with E-state index in [1.807, 2.05) is 0 Å². The first-order valence-electron chi connectivity index (χ1n) is 12.6. The van der Waals surface area contributed by atoms with Crippen molar-refractivity contribution >= 4 is 33.4 Å². The third-order valence-corrected chi connectivity index (χ3v) is 7.69. The number of phenolic OH excluding ortho intramolecular Hbond substituents is 1. The number of carbonyl (C=O) groups is 1. The Bertz CT molecular complexity index is 1770. The fraction of sp³-hybridized carbons (Fsp3) is 0.276. The molecule has 0 saturated carbocycles. The Morgan fingerprint density at radius 1 is 1.07 bits per heavy atom. The van der Waals surface area contributed by atoms with Crippen LogP contribution in [0.15, 0.2) is 36.4 Å². The summed E-state index contributed by atoms with van der Waals surface area (Å²) in [5, 5.41) is 11.2. The monoisotopic (exact) mass is 568 g/mol. The van der Waals surface area contributed by atoms with Crippen LogP contribution in [-0.2, 0) is 4.79 Å². The van der Waals surface area contributed by atoms with Gasteiger partial charge in [0, 0.05) is 29.4 Å². The van der Waals surface area contributed by atoms with Crippen molar-refractivity contribution in [3.8, 4) is 35.2 Å². The van der Waals surface area contributed by atoms with E-state index in [4.69, 9.17) is 11.2 Å². The molecule has 4 aromatic rings. The lowest BCUT2D eigenvalue weighted by Crippen LogP contribution is -2.59. The molecule has 0 aliphatic carbocycles. The molecule has 7 nitrogen and oxygen atoms in total. The molecule has 3 aromatic carbocycles. The van der Waals surface area contributed by atoms with Crippen molar-refractivity contribution in [1.29, 1.82) is 0 Å². The minimum absolute atomic E-state index is 0.0205. The Kier molecular flexibility index (Phi) is 6.13. The van der Waals surface area contributed by atoms with Crippen LogP contribution in [0.25, 0.3) is 32.8 Å². The number of anilines is 1. The number of rotatable bonds is 3. The first kappa shape index (κ1) is 26.6. The molecule has 1 aromatic heterocycles. The van der Waals surface area contributed by atoms with Gasteiger partial charge in [0.05, 0.1) is 24.8 Å². The van der Waals surface area contributed by atoms with Gasteiger partial charge >= 0.3 is 18.1 Å². The van der Waals surface area contributed by atoms with E-state index in [0.717, 1.165) is 11.0 Å². The number of piperazine rings is 1. The third kappa shape index (κ3) is 4.23. The van der Waals surface area contributed by atoms with Crippen LogP contribution in [0.2, 0.25) is 0 Å². The number of phenols is 1. The predicted octanol–water partition coefficient (Wildman–Crippen LogP) is 5.17. The van der Waals surface area contributed by atoms with E-state index in [1.165, 1.54) is 31.4 Å². The molecule has 2 bridgehead atoms. The van der Waals surface area contributed by atoms with Gasteiger partial charge in [0.1, 0.15) is 22.9 Å². The molecule has 2 unspecified atom stereocenters. The first-order chi connectivity index (χ1) is 19.5. The van der Waals surface area contributed by atoms with Crippen LogP contribution < -0.4 is 9.64 Å². The van der Waals surface area contributed by atoms with Crippen molar-refractivity contribution in [3.05, 3.63) is 53.6 Å². The molecular formula is C29H21F5N4O3. The third-order valence-electron chi connectivity index (χ3n) is 7.69. The van der Waals surface area contributed by atoms with Gasteiger partial charge in [-0.05, 0) is 48.1 Å². The molecule has 6 rings (SSSR count). The summed E-state index contributed by atoms with van der Waals surface area (Å²) in [4.78, 5) is 23.3. The van der Waals surface area contributed by atoms with E-state index in [2.05, 4.69) is 15.9 Å². The summed E-state index contributed by atoms with van der Waals surface area (Å²) in [6.07, 6.45) is 1.37. The molecule has 2 aliphatic rings. The Labute approximate surface area is 230 Å². The average molecular weight is 569 g/mol. The fourth-order valence-electron chi connectivity index (χ4n) is 6.00. The molecule has 2 aliphatic heterocycles. The number of methoxy groups -OCH3 is 1. The zero-order chi connectivity index (χ0) is 29.2. The largest absolute Gasteiger partial charge is 0.508 e. The minimum Gasteiger partial charge on any atom is -0.508 e. The molecule has 2 saturated heterocycles. The number of amides is 1. The van der Waals surface area contributed by atoms with Gasteiger partial charge in [-0.15, -0.1) is 6.42 Å². The number of fused-ring (bicyclic) bond motifs is 4. The maximum absolute atomic E-state index is 16.3. The maximum Gasteiger partial charge on any atom is 0.471 e. The number of halogens is 5. The zero-order valence-electron chi connectivity index (χ0n) is 21.5. The van der Waals surface area contributed by atoms with Crippen molar-refractivity contribution in [1.82, 2.24) is 14.9 Å². The quantitative estimate of drug-likeness (QED) is 0.272. The summed E-state index contributed by atoms with van der Waals surface area (Å²) < 4.78 is 75.8. The first-order valence-corrected chi connectivity index (χ1v) is 12.6. The van der Waals surface area contributed by atoms with Crippen molar-refractivity contribution in [2.75, 3.05) is 25.1 Å². The highest BCUT2D eigenvalue weighted by atomic mass is 19.4. The maximum atomic E-state index is 16.3. The highest BCUT2D eigenvalue weighted by Gasteiger charge is 2.52. The molecule has 0 spiro atoms. The lowest BCUT2D eigenvalue weighted by molar-refractivity contribution is -0.188. The highest BCUT2D eigenvalue weighted by Crippen LogP contribution is 2.41. The molecule has 0 radical (unpaired) electrons. The summed E-state index contributed by atoms with van der Waals surface area (Å²) in [5.41, 5.74) is -0.128. The second kappa shape index (κ2) is 9.47. The summed E-state index contributed by atoms with van der Waals surface area (Å²) >= 11 is 0. The smallest absolute Gasteiger partial charge is 0.471 e. The fourth-order valence-corrected chi connectivity index (χ4v) is 6.00. The van der Waals surface area contributed by atoms with Gasteiger partial charge in [-0.2, -0.15) is 23.1 Å². The predicted molar refractivity (Wildman–Crippen MR) is 140 cm³/mol. The lowest BCUT2D eigenvalue weighted by atomic mass is 9.93. The van der Waals surface area contributed by atoms with Gasteiger partial charge in [-0.25, -0.2) is 8.78 Å². The normalized spacial score (nSPS) is 18.7. The molecule has 41 heavy (non-hydrogen) atoms. The summed E-state index contributed by atoms with van der Waals surface area (Å²) in [6.45, 7) is 0.109. The Balaban J connectivity index is 1.49. The molecule has 1 amide bonds. The van der Waals surface area contributed by atoms with E-state index in [9.17, 15) is 27.5 Å². The van der Waals surface area contributed by atoms with E-state index in [1.54, 1.807) is 11.0 Å². The highest BCUT2D eigenvalue weighted by molar-refractivity contribution is 6.04. The van der Waals surface area contributed by atoms with Gasteiger partial charge in [0.15, 0.2) is 5.82 Å². The van der Waals surface area contributed by atoms with E-state index in [0.29, 0.717) is 18.2 Å². The standard InChI is InChI=1S/C29H21F5N4O3/c1-3-18-22(30)9-4-14-10-17(39)11-21(23(14)18)19-7-8-20-25(24(19)31)35-28(41-2)36-26(20)37-12-15-5-6-16(13-37)38(15)27(40)29(32,33)34/h1,4,7-11,15-16,39H,5-6,12-13H2,2H3. The molecule has 3 heterocycles. The molecule has 12 heteroatoms. The number of aromatic hydroxyl groups is 1. The lowest BCUT2D eigenvalue weighted by Gasteiger charge is -2.42. The van der Waals surface area contributed by atoms with Gasteiger partial charge in [-0.3, -0.25) is 4.79 Å². The Morgan fingerprint density at radius 2 is 1.78 bits per heavy atom. The average Bonchev–Trinajstić information content (AvgIpc) is 3.19. The number of benzene rings is 3. The van der Waals surface area contributed by atoms with Crippen LogP contribution in [0, 0.1) is 24.0 Å². The van der Waals surface area contributed by atoms with Crippen LogP contribution in [0.1, 0.15) is 18.4 Å². The number of nitrogens with zero attached hydrogens (tertiary/aromatic N) is 4. The number of hydrogen-bond donors (Lipinski definition) is 1. The van der Waals surface area contributed by atoms with Crippen LogP contribution >= 0.6 is 0 Å². The van der Waals surface area contributed by atoms with Gasteiger partial charge in [0.2, 0.25) is 0 Å². The molecule has 1 N–H and O–H groups in total. The van der Waals surface area contributed by atoms with Crippen molar-refractivity contribution in [2.45, 2.75) is 31.1 Å². The Morgan fingerprint density at radius 3 is 2.41 bits per heavy atom. The summed E-state index contributed by atoms with van der Waals surface area (Å²) in [5.74, 6) is -1.02. The van der Waals surface area contributed by atoms with E-state index < -0.39 is 35.8 Å². The molecule has 210 valence electrons. The number of ether oxygens (including phenoxy) is 1. The minimum atomic E-state index is -4.98. The van der Waals surface area contributed by atoms with Crippen LogP contribution in [0.4, 0.5) is 27.8 Å². The summed E-state index contributed by atoms with van der Waals surface area (Å²) in [7, 11) is 1.29. The number of alkyl halides is 3. The molecule has 2 fully saturated rings. The van der Waals surface area contributed by atoms with Gasteiger partial charge in [0.25, 0.3) is 0 Å². The number of aromatic nitrogens is 2. The number of carbonyl (C=O) groups excluding carboxylic acids is 1. The van der Waals surface area contributed by atoms with Gasteiger partial charge in [-0.1, -0.05) is 18.1 Å². The van der Waals surface area contributed by atoms with E-state index in [-0.39, 0.29) is 63.6 Å². The number of terminal acetylenes is 1. The zero-order valence-corrected chi connectivity index (χ0v) is 21.5. The van der Waals surface area contributed by atoms with Crippen molar-refractivity contribution in [2.24, 2.45) is 0 Å². The topological polar surface area (TPSA) is 78.8 Å². The second-order valence-electron chi connectivity index (χ2n) is 10.0. The Hall–Kier alpha value is -4.66. The van der Waals surface area contributed by atoms with Crippen LogP contribution in [0.5, 0.6) is 11.8 Å². The van der Waals surface area contributed by atoms with Gasteiger partial charge < -0.3 is 19.6 Å². The summed E-state index contributed by atoms with van der Waals surface area (Å²) in [6, 6.07) is 6.65. The van der Waals surface area contributed by atoms with Crippen LogP contribution in [-0.4, -0.2) is 64.3 Å². The second-order valence-corrected chi connectivity index (χ2v) is 10.0. The van der Waals surface area contributed by atoms with Crippen molar-refractivity contribution in [3.63, 3.8) is 0 Å². The molecule has 2 atom stereocenters. The molecular weight excluding hydrogens is 547 g/mol. The van der Waals surface area contributed by atoms with E-state index >= 15 is 4.39 Å². The van der Waals surface area contributed by atoms with Crippen LogP contribution in [0.3, 0.4) is 0 Å².